The Labute approximate surface area is 136 Å². The SMILES string of the molecule is Cc1nccn1Cc1ccc(NC(=O)N[C@@H](C)[C@@H](C)CO)cc1. The van der Waals surface area contributed by atoms with Crippen molar-refractivity contribution in [1.29, 1.82) is 0 Å². The Morgan fingerprint density at radius 1 is 1.30 bits per heavy atom. The number of rotatable bonds is 6. The third-order valence-electron chi connectivity index (χ3n) is 3.99. The van der Waals surface area contributed by atoms with Crippen LogP contribution in [-0.4, -0.2) is 33.3 Å². The zero-order valence-electron chi connectivity index (χ0n) is 13.8. The summed E-state index contributed by atoms with van der Waals surface area (Å²) in [6, 6.07) is 7.35. The molecule has 0 radical (unpaired) electrons. The van der Waals surface area contributed by atoms with Crippen LogP contribution >= 0.6 is 0 Å². The molecule has 6 heteroatoms. The maximum Gasteiger partial charge on any atom is 0.319 e. The lowest BCUT2D eigenvalue weighted by Crippen LogP contribution is -2.40. The van der Waals surface area contributed by atoms with E-state index >= 15 is 0 Å². The number of anilines is 1. The number of aliphatic hydroxyl groups is 1. The summed E-state index contributed by atoms with van der Waals surface area (Å²) in [5, 5.41) is 14.7. The van der Waals surface area contributed by atoms with Crippen molar-refractivity contribution in [2.45, 2.75) is 33.4 Å². The Morgan fingerprint density at radius 3 is 2.57 bits per heavy atom. The van der Waals surface area contributed by atoms with Gasteiger partial charge in [-0.2, -0.15) is 0 Å². The van der Waals surface area contributed by atoms with Crippen LogP contribution in [0.25, 0.3) is 0 Å². The highest BCUT2D eigenvalue weighted by Gasteiger charge is 2.13. The molecule has 124 valence electrons. The van der Waals surface area contributed by atoms with Crippen molar-refractivity contribution in [2.75, 3.05) is 11.9 Å². The standard InChI is InChI=1S/C17H24N4O2/c1-12(11-22)13(2)19-17(23)20-16-6-4-15(5-7-16)10-21-9-8-18-14(21)3/h4-9,12-13,22H,10-11H2,1-3H3,(H2,19,20,23)/t12-,13-/m0/s1. The van der Waals surface area contributed by atoms with Crippen LogP contribution in [0.1, 0.15) is 25.2 Å². The molecule has 23 heavy (non-hydrogen) atoms. The van der Waals surface area contributed by atoms with E-state index in [2.05, 4.69) is 20.2 Å². The van der Waals surface area contributed by atoms with Gasteiger partial charge in [-0.25, -0.2) is 9.78 Å². The lowest BCUT2D eigenvalue weighted by molar-refractivity contribution is 0.204. The first-order chi connectivity index (χ1) is 11.0. The minimum atomic E-state index is -0.268. The Hall–Kier alpha value is -2.34. The molecule has 2 rings (SSSR count). The van der Waals surface area contributed by atoms with Crippen LogP contribution in [0.15, 0.2) is 36.7 Å². The number of aryl methyl sites for hydroxylation is 1. The van der Waals surface area contributed by atoms with Gasteiger partial charge in [-0.15, -0.1) is 0 Å². The highest BCUT2D eigenvalue weighted by molar-refractivity contribution is 5.89. The predicted octanol–water partition coefficient (Wildman–Crippen LogP) is 2.38. The second-order valence-electron chi connectivity index (χ2n) is 5.85. The van der Waals surface area contributed by atoms with Gasteiger partial charge in [0.1, 0.15) is 5.82 Å². The van der Waals surface area contributed by atoms with E-state index in [1.807, 2.05) is 51.2 Å². The average Bonchev–Trinajstić information content (AvgIpc) is 2.93. The van der Waals surface area contributed by atoms with Crippen LogP contribution < -0.4 is 10.6 Å². The molecule has 0 bridgehead atoms. The van der Waals surface area contributed by atoms with Crippen LogP contribution in [0.2, 0.25) is 0 Å². The largest absolute Gasteiger partial charge is 0.396 e. The number of aliphatic hydroxyl groups excluding tert-OH is 1. The van der Waals surface area contributed by atoms with E-state index in [1.54, 1.807) is 6.20 Å². The summed E-state index contributed by atoms with van der Waals surface area (Å²) in [5.41, 5.74) is 1.87. The molecule has 0 aliphatic heterocycles. The molecule has 3 N–H and O–H groups in total. The zero-order valence-corrected chi connectivity index (χ0v) is 13.8. The Bertz CT molecular complexity index is 636. The van der Waals surface area contributed by atoms with Crippen LogP contribution in [-0.2, 0) is 6.54 Å². The Kier molecular flexibility index (Phi) is 5.76. The quantitative estimate of drug-likeness (QED) is 0.765. The topological polar surface area (TPSA) is 79.2 Å². The number of amides is 2. The molecule has 1 heterocycles. The van der Waals surface area contributed by atoms with Gasteiger partial charge in [-0.05, 0) is 37.5 Å². The smallest absolute Gasteiger partial charge is 0.319 e. The minimum Gasteiger partial charge on any atom is -0.396 e. The van der Waals surface area contributed by atoms with E-state index in [0.717, 1.165) is 23.6 Å². The lowest BCUT2D eigenvalue weighted by Gasteiger charge is -2.19. The number of nitrogens with zero attached hydrogens (tertiary/aromatic N) is 2. The third-order valence-corrected chi connectivity index (χ3v) is 3.99. The summed E-state index contributed by atoms with van der Waals surface area (Å²) in [4.78, 5) is 16.1. The van der Waals surface area contributed by atoms with Gasteiger partial charge in [0.15, 0.2) is 0 Å². The van der Waals surface area contributed by atoms with Gasteiger partial charge in [0.25, 0.3) is 0 Å². The molecule has 0 aliphatic carbocycles. The molecular formula is C17H24N4O2. The lowest BCUT2D eigenvalue weighted by atomic mass is 10.1. The molecule has 1 aromatic carbocycles. The number of hydrogen-bond acceptors (Lipinski definition) is 3. The zero-order chi connectivity index (χ0) is 16.8. The molecule has 0 aliphatic rings. The van der Waals surface area contributed by atoms with Gasteiger partial charge >= 0.3 is 6.03 Å². The summed E-state index contributed by atoms with van der Waals surface area (Å²) in [6.07, 6.45) is 3.72. The fraction of sp³-hybridized carbons (Fsp3) is 0.412. The fourth-order valence-electron chi connectivity index (χ4n) is 2.14. The van der Waals surface area contributed by atoms with Crippen LogP contribution in [0.4, 0.5) is 10.5 Å². The molecule has 2 atom stereocenters. The molecule has 0 fully saturated rings. The monoisotopic (exact) mass is 316 g/mol. The second kappa shape index (κ2) is 7.78. The van der Waals surface area contributed by atoms with Crippen molar-refractivity contribution in [1.82, 2.24) is 14.9 Å². The Morgan fingerprint density at radius 2 is 2.00 bits per heavy atom. The first kappa shape index (κ1) is 17.0. The van der Waals surface area contributed by atoms with Gasteiger partial charge in [0.05, 0.1) is 0 Å². The summed E-state index contributed by atoms with van der Waals surface area (Å²) in [7, 11) is 0. The first-order valence-corrected chi connectivity index (χ1v) is 7.74. The van der Waals surface area contributed by atoms with Gasteiger partial charge in [-0.1, -0.05) is 19.1 Å². The van der Waals surface area contributed by atoms with Crippen LogP contribution in [0.5, 0.6) is 0 Å². The number of carbonyl (C=O) groups is 1. The van der Waals surface area contributed by atoms with Crippen molar-refractivity contribution < 1.29 is 9.90 Å². The fourth-order valence-corrected chi connectivity index (χ4v) is 2.14. The molecule has 0 spiro atoms. The maximum absolute atomic E-state index is 11.9. The van der Waals surface area contributed by atoms with E-state index in [0.29, 0.717) is 0 Å². The molecular weight excluding hydrogens is 292 g/mol. The van der Waals surface area contributed by atoms with Gasteiger partial charge < -0.3 is 20.3 Å². The molecule has 1 aromatic heterocycles. The summed E-state index contributed by atoms with van der Waals surface area (Å²) in [6.45, 7) is 6.52. The van der Waals surface area contributed by atoms with Crippen molar-refractivity contribution in [2.24, 2.45) is 5.92 Å². The van der Waals surface area contributed by atoms with Gasteiger partial charge in [-0.3, -0.25) is 0 Å². The van der Waals surface area contributed by atoms with E-state index in [9.17, 15) is 4.79 Å². The predicted molar refractivity (Wildman–Crippen MR) is 90.4 cm³/mol. The Balaban J connectivity index is 1.90. The molecule has 0 unspecified atom stereocenters. The third kappa shape index (κ3) is 4.82. The number of hydrogen-bond donors (Lipinski definition) is 3. The molecule has 2 aromatic rings. The average molecular weight is 316 g/mol. The number of carbonyl (C=O) groups excluding carboxylic acids is 1. The van der Waals surface area contributed by atoms with E-state index < -0.39 is 0 Å². The van der Waals surface area contributed by atoms with E-state index in [1.165, 1.54) is 0 Å². The number of urea groups is 1. The number of benzene rings is 1. The van der Waals surface area contributed by atoms with Crippen LogP contribution in [0.3, 0.4) is 0 Å². The number of aromatic nitrogens is 2. The molecule has 0 saturated heterocycles. The van der Waals surface area contributed by atoms with E-state index in [-0.39, 0.29) is 24.6 Å². The molecule has 2 amide bonds. The van der Waals surface area contributed by atoms with Crippen molar-refractivity contribution in [3.63, 3.8) is 0 Å². The number of nitrogens with one attached hydrogen (secondary N) is 2. The van der Waals surface area contributed by atoms with Crippen molar-refractivity contribution >= 4 is 11.7 Å². The minimum absolute atomic E-state index is 0.0153. The molecule has 0 saturated carbocycles. The molecule has 6 nitrogen and oxygen atoms in total. The first-order valence-electron chi connectivity index (χ1n) is 7.74. The number of imidazole rings is 1. The second-order valence-corrected chi connectivity index (χ2v) is 5.85. The normalized spacial score (nSPS) is 13.4. The van der Waals surface area contributed by atoms with Gasteiger partial charge in [0.2, 0.25) is 0 Å². The maximum atomic E-state index is 11.9. The highest BCUT2D eigenvalue weighted by Crippen LogP contribution is 2.12. The summed E-state index contributed by atoms with van der Waals surface area (Å²) < 4.78 is 2.06. The summed E-state index contributed by atoms with van der Waals surface area (Å²) >= 11 is 0. The van der Waals surface area contributed by atoms with Crippen molar-refractivity contribution in [3.05, 3.63) is 48.0 Å². The highest BCUT2D eigenvalue weighted by atomic mass is 16.3. The van der Waals surface area contributed by atoms with Crippen LogP contribution in [0, 0.1) is 12.8 Å². The van der Waals surface area contributed by atoms with E-state index in [4.69, 9.17) is 5.11 Å². The summed E-state index contributed by atoms with van der Waals surface area (Å²) in [5.74, 6) is 0.986. The van der Waals surface area contributed by atoms with Crippen molar-refractivity contribution in [3.8, 4) is 0 Å². The van der Waals surface area contributed by atoms with Gasteiger partial charge in [0, 0.05) is 37.3 Å².